The Hall–Kier alpha value is -1.44. The molecule has 2 nitrogen and oxygen atoms in total. The first-order valence-corrected chi connectivity index (χ1v) is 16.3. The van der Waals surface area contributed by atoms with E-state index >= 15 is 4.39 Å². The van der Waals surface area contributed by atoms with Crippen molar-refractivity contribution in [3.63, 3.8) is 0 Å². The summed E-state index contributed by atoms with van der Waals surface area (Å²) in [6, 6.07) is 5.57. The van der Waals surface area contributed by atoms with Crippen molar-refractivity contribution in [3.8, 4) is 5.75 Å². The van der Waals surface area contributed by atoms with Gasteiger partial charge in [0.15, 0.2) is 0 Å². The van der Waals surface area contributed by atoms with Crippen LogP contribution in [0.1, 0.15) is 114 Å². The Balaban J connectivity index is 1.19. The largest absolute Gasteiger partial charge is 0.508 e. The van der Waals surface area contributed by atoms with Crippen LogP contribution in [0, 0.1) is 29.1 Å². The number of alkyl halides is 6. The third-order valence-electron chi connectivity index (χ3n) is 11.4. The molecule has 240 valence electrons. The van der Waals surface area contributed by atoms with Crippen molar-refractivity contribution in [2.45, 2.75) is 128 Å². The number of rotatable bonds is 14. The fraction of sp³-hybridized carbons (Fsp3) is 0.824. The molecule has 0 bridgehead atoms. The van der Waals surface area contributed by atoms with Crippen LogP contribution in [0.5, 0.6) is 5.75 Å². The fourth-order valence-electron chi connectivity index (χ4n) is 8.79. The van der Waals surface area contributed by atoms with Crippen molar-refractivity contribution in [1.29, 1.82) is 0 Å². The first kappa shape index (κ1) is 33.5. The summed E-state index contributed by atoms with van der Waals surface area (Å²) in [7, 11) is 2.07. The number of unbranched alkanes of at least 4 members (excludes halogenated alkanes) is 6. The Morgan fingerprint density at radius 2 is 1.57 bits per heavy atom. The number of hydrogen-bond acceptors (Lipinski definition) is 2. The van der Waals surface area contributed by atoms with E-state index in [0.29, 0.717) is 42.9 Å². The molecule has 0 aliphatic heterocycles. The minimum atomic E-state index is -5.45. The molecule has 0 amide bonds. The lowest BCUT2D eigenvalue weighted by Gasteiger charge is -2.55. The second-order valence-electron chi connectivity index (χ2n) is 14.1. The molecular weight excluding hydrogens is 552 g/mol. The number of aromatic hydroxyl groups is 1. The summed E-state index contributed by atoms with van der Waals surface area (Å²) in [5, 5.41) is 10.2. The van der Waals surface area contributed by atoms with Gasteiger partial charge in [0.1, 0.15) is 11.9 Å². The molecule has 3 aliphatic rings. The average molecular weight is 604 g/mol. The number of fused-ring (bicyclic) bond motifs is 5. The third-order valence-corrected chi connectivity index (χ3v) is 11.4. The summed E-state index contributed by atoms with van der Waals surface area (Å²) >= 11 is 0. The van der Waals surface area contributed by atoms with Crippen molar-refractivity contribution in [2.75, 3.05) is 20.1 Å². The molecule has 7 atom stereocenters. The van der Waals surface area contributed by atoms with Gasteiger partial charge in [-0.3, -0.25) is 0 Å². The van der Waals surface area contributed by atoms with Gasteiger partial charge < -0.3 is 10.0 Å². The Bertz CT molecular complexity index is 1010. The molecule has 0 heterocycles. The summed E-state index contributed by atoms with van der Waals surface area (Å²) in [6.45, 7) is 6.51. The van der Waals surface area contributed by atoms with Crippen LogP contribution in [0.3, 0.4) is 0 Å². The Kier molecular flexibility index (Phi) is 10.9. The van der Waals surface area contributed by atoms with E-state index in [1.807, 2.05) is 12.1 Å². The zero-order chi connectivity index (χ0) is 30.7. The van der Waals surface area contributed by atoms with Crippen molar-refractivity contribution in [1.82, 2.24) is 4.90 Å². The van der Waals surface area contributed by atoms with E-state index in [2.05, 4.69) is 25.8 Å². The van der Waals surface area contributed by atoms with E-state index in [1.54, 1.807) is 6.07 Å². The smallest absolute Gasteiger partial charge is 0.453 e. The van der Waals surface area contributed by atoms with Crippen LogP contribution < -0.4 is 0 Å². The number of benzene rings is 1. The number of nitrogens with zero attached hydrogens (tertiary/aromatic N) is 1. The van der Waals surface area contributed by atoms with Crippen LogP contribution in [0.25, 0.3) is 0 Å². The van der Waals surface area contributed by atoms with Gasteiger partial charge in [-0.2, -0.15) is 22.0 Å². The van der Waals surface area contributed by atoms with E-state index in [9.17, 15) is 27.1 Å². The molecule has 6 unspecified atom stereocenters. The van der Waals surface area contributed by atoms with Crippen molar-refractivity contribution >= 4 is 0 Å². The zero-order valence-electron chi connectivity index (χ0n) is 25.7. The minimum Gasteiger partial charge on any atom is -0.508 e. The van der Waals surface area contributed by atoms with Crippen LogP contribution in [-0.2, 0) is 6.42 Å². The first-order valence-electron chi connectivity index (χ1n) is 16.3. The molecule has 1 aromatic rings. The molecule has 0 aromatic heterocycles. The van der Waals surface area contributed by atoms with Gasteiger partial charge in [0.2, 0.25) is 0 Å². The molecule has 1 N–H and O–H groups in total. The highest BCUT2D eigenvalue weighted by Gasteiger charge is 2.59. The molecule has 2 fully saturated rings. The lowest BCUT2D eigenvalue weighted by Crippen LogP contribution is -2.50. The molecular formula is C34H51F6NO. The Labute approximate surface area is 248 Å². The SMILES string of the molecule is CC1CCC2C3C(c4ccc(O)cc4C[C@H]3CCCCCN(C)CCCCCCCC(F)(F)C(F)(F)F)C(F)CC12C. The van der Waals surface area contributed by atoms with Gasteiger partial charge in [-0.25, -0.2) is 4.39 Å². The monoisotopic (exact) mass is 603 g/mol. The van der Waals surface area contributed by atoms with Crippen LogP contribution in [0.2, 0.25) is 0 Å². The molecule has 0 saturated heterocycles. The Morgan fingerprint density at radius 3 is 2.26 bits per heavy atom. The standard InChI is InChI=1S/C34H51F6NO/c1-23-13-16-28-30-24(20-25-21-26(42)14-15-27(25)31(30)29(35)22-32(23,28)2)12-8-7-11-19-41(3)18-10-6-4-5-9-17-33(36,37)34(38,39)40/h14-15,21,23-24,28-31,42H,4-13,16-20,22H2,1-3H3/t23?,24-,28?,29?,30?,31?,32?/m1/s1. The maximum absolute atomic E-state index is 16.0. The van der Waals surface area contributed by atoms with Crippen LogP contribution in [-0.4, -0.2) is 48.4 Å². The highest BCUT2D eigenvalue weighted by Crippen LogP contribution is 2.65. The molecule has 2 saturated carbocycles. The molecule has 0 radical (unpaired) electrons. The van der Waals surface area contributed by atoms with Gasteiger partial charge in [-0.1, -0.05) is 52.0 Å². The maximum atomic E-state index is 16.0. The van der Waals surface area contributed by atoms with E-state index in [4.69, 9.17) is 0 Å². The van der Waals surface area contributed by atoms with Gasteiger partial charge in [0.25, 0.3) is 0 Å². The number of phenols is 1. The molecule has 1 aromatic carbocycles. The topological polar surface area (TPSA) is 23.5 Å². The van der Waals surface area contributed by atoms with Crippen molar-refractivity contribution in [3.05, 3.63) is 29.3 Å². The molecule has 8 heteroatoms. The third kappa shape index (κ3) is 7.43. The summed E-state index contributed by atoms with van der Waals surface area (Å²) < 4.78 is 78.7. The first-order chi connectivity index (χ1) is 19.7. The van der Waals surface area contributed by atoms with Crippen molar-refractivity contribution in [2.24, 2.45) is 29.1 Å². The second kappa shape index (κ2) is 13.7. The van der Waals surface area contributed by atoms with Crippen LogP contribution in [0.4, 0.5) is 26.3 Å². The highest BCUT2D eigenvalue weighted by atomic mass is 19.4. The van der Waals surface area contributed by atoms with Gasteiger partial charge in [-0.05, 0) is 124 Å². The summed E-state index contributed by atoms with van der Waals surface area (Å²) in [5.74, 6) is -2.46. The van der Waals surface area contributed by atoms with Crippen LogP contribution in [0.15, 0.2) is 18.2 Å². The lowest BCUT2D eigenvalue weighted by molar-refractivity contribution is -0.284. The van der Waals surface area contributed by atoms with E-state index in [0.717, 1.165) is 69.2 Å². The highest BCUT2D eigenvalue weighted by molar-refractivity contribution is 5.41. The molecule has 3 aliphatic carbocycles. The van der Waals surface area contributed by atoms with Gasteiger partial charge in [0.05, 0.1) is 0 Å². The average Bonchev–Trinajstić information content (AvgIpc) is 3.20. The Morgan fingerprint density at radius 1 is 0.929 bits per heavy atom. The fourth-order valence-corrected chi connectivity index (χ4v) is 8.79. The van der Waals surface area contributed by atoms with Crippen LogP contribution >= 0.6 is 0 Å². The predicted octanol–water partition coefficient (Wildman–Crippen LogP) is 10.1. The molecule has 42 heavy (non-hydrogen) atoms. The number of halogens is 6. The zero-order valence-corrected chi connectivity index (χ0v) is 25.7. The summed E-state index contributed by atoms with van der Waals surface area (Å²) in [6.07, 6.45) is 3.61. The second-order valence-corrected chi connectivity index (χ2v) is 14.1. The minimum absolute atomic E-state index is 0.0602. The predicted molar refractivity (Wildman–Crippen MR) is 156 cm³/mol. The molecule has 0 spiro atoms. The normalized spacial score (nSPS) is 31.2. The summed E-state index contributed by atoms with van der Waals surface area (Å²) in [4.78, 5) is 2.27. The number of phenolic OH excluding ortho intramolecular Hbond substituents is 1. The lowest BCUT2D eigenvalue weighted by atomic mass is 9.50. The quantitative estimate of drug-likeness (QED) is 0.169. The van der Waals surface area contributed by atoms with E-state index < -0.39 is 24.7 Å². The van der Waals surface area contributed by atoms with Gasteiger partial charge in [-0.15, -0.1) is 0 Å². The summed E-state index contributed by atoms with van der Waals surface area (Å²) in [5.41, 5.74) is 2.33. The van der Waals surface area contributed by atoms with Gasteiger partial charge >= 0.3 is 12.1 Å². The van der Waals surface area contributed by atoms with E-state index in [-0.39, 0.29) is 23.5 Å². The van der Waals surface area contributed by atoms with Crippen molar-refractivity contribution < 1.29 is 31.4 Å². The van der Waals surface area contributed by atoms with Gasteiger partial charge in [0, 0.05) is 12.3 Å². The number of hydrogen-bond donors (Lipinski definition) is 1. The van der Waals surface area contributed by atoms with E-state index in [1.165, 1.54) is 12.8 Å². The maximum Gasteiger partial charge on any atom is 0.453 e. The molecule has 4 rings (SSSR count).